The second-order valence-corrected chi connectivity index (χ2v) is 1.53. The number of likely N-dealkylation sites (N-methyl/N-ethyl adjacent to an activating group) is 1. The molecular formula is C4H11CuNO. The molecular weight excluding hydrogens is 142 g/mol. The van der Waals surface area contributed by atoms with Gasteiger partial charge in [0.2, 0.25) is 0 Å². The van der Waals surface area contributed by atoms with E-state index in [1.54, 1.807) is 0 Å². The molecule has 0 unspecified atom stereocenters. The van der Waals surface area contributed by atoms with Crippen molar-refractivity contribution in [2.75, 3.05) is 27.2 Å². The topological polar surface area (TPSA) is 23.5 Å². The fraction of sp³-hybridized carbons (Fsp3) is 1.00. The van der Waals surface area contributed by atoms with Crippen molar-refractivity contribution in [3.8, 4) is 0 Å². The number of aliphatic hydroxyl groups is 1. The summed E-state index contributed by atoms with van der Waals surface area (Å²) in [5, 5.41) is 8.20. The van der Waals surface area contributed by atoms with E-state index in [9.17, 15) is 0 Å². The van der Waals surface area contributed by atoms with Crippen LogP contribution in [0.25, 0.3) is 0 Å². The molecule has 0 spiro atoms. The van der Waals surface area contributed by atoms with E-state index >= 15 is 0 Å². The molecule has 0 atom stereocenters. The number of hydrogen-bond donors (Lipinski definition) is 1. The number of nitrogens with zero attached hydrogens (tertiary/aromatic N) is 1. The summed E-state index contributed by atoms with van der Waals surface area (Å²) in [5.74, 6) is 0. The van der Waals surface area contributed by atoms with E-state index < -0.39 is 0 Å². The first-order chi connectivity index (χ1) is 2.77. The first-order valence-electron chi connectivity index (χ1n) is 2.03. The smallest absolute Gasteiger partial charge is 0.0558 e. The molecule has 0 heterocycles. The van der Waals surface area contributed by atoms with E-state index in [1.165, 1.54) is 0 Å². The Morgan fingerprint density at radius 2 is 1.86 bits per heavy atom. The first-order valence-corrected chi connectivity index (χ1v) is 2.03. The van der Waals surface area contributed by atoms with Gasteiger partial charge in [0.25, 0.3) is 0 Å². The number of hydrogen-bond acceptors (Lipinski definition) is 2. The largest absolute Gasteiger partial charge is 0.395 e. The molecule has 0 amide bonds. The Balaban J connectivity index is 0. The van der Waals surface area contributed by atoms with E-state index in [0.717, 1.165) is 6.54 Å². The van der Waals surface area contributed by atoms with Gasteiger partial charge >= 0.3 is 0 Å². The van der Waals surface area contributed by atoms with Crippen LogP contribution in [0.4, 0.5) is 0 Å². The molecule has 1 radical (unpaired) electrons. The maximum Gasteiger partial charge on any atom is 0.0558 e. The summed E-state index contributed by atoms with van der Waals surface area (Å²) in [4.78, 5) is 1.93. The average molecular weight is 153 g/mol. The SMILES string of the molecule is CN(C)CCO.[Cu]. The molecule has 0 aromatic carbocycles. The minimum atomic E-state index is 0. The van der Waals surface area contributed by atoms with Crippen molar-refractivity contribution >= 4 is 0 Å². The van der Waals surface area contributed by atoms with Crippen LogP contribution in [0.1, 0.15) is 0 Å². The molecule has 3 heteroatoms. The summed E-state index contributed by atoms with van der Waals surface area (Å²) >= 11 is 0. The Morgan fingerprint density at radius 1 is 1.43 bits per heavy atom. The van der Waals surface area contributed by atoms with Crippen molar-refractivity contribution < 1.29 is 22.2 Å². The predicted octanol–water partition coefficient (Wildman–Crippen LogP) is -0.462. The quantitative estimate of drug-likeness (QED) is 0.542. The first kappa shape index (κ1) is 10.4. The van der Waals surface area contributed by atoms with Crippen molar-refractivity contribution in [2.45, 2.75) is 0 Å². The summed E-state index contributed by atoms with van der Waals surface area (Å²) < 4.78 is 0. The molecule has 0 saturated carbocycles. The minimum Gasteiger partial charge on any atom is -0.395 e. The molecule has 0 aliphatic heterocycles. The fourth-order valence-corrected chi connectivity index (χ4v) is 0.200. The second kappa shape index (κ2) is 6.44. The van der Waals surface area contributed by atoms with E-state index in [4.69, 9.17) is 5.11 Å². The third-order valence-corrected chi connectivity index (χ3v) is 0.547. The van der Waals surface area contributed by atoms with Crippen LogP contribution in [0.3, 0.4) is 0 Å². The Hall–Kier alpha value is 0.439. The summed E-state index contributed by atoms with van der Waals surface area (Å²) in [7, 11) is 3.85. The van der Waals surface area contributed by atoms with Gasteiger partial charge in [-0.2, -0.15) is 0 Å². The molecule has 0 fully saturated rings. The zero-order valence-electron chi connectivity index (χ0n) is 4.61. The predicted molar refractivity (Wildman–Crippen MR) is 25.6 cm³/mol. The van der Waals surface area contributed by atoms with E-state index in [0.29, 0.717) is 0 Å². The molecule has 0 aliphatic rings. The summed E-state index contributed by atoms with van der Waals surface area (Å²) in [6.45, 7) is 1.02. The minimum absolute atomic E-state index is 0. The molecule has 0 bridgehead atoms. The van der Waals surface area contributed by atoms with Gasteiger partial charge in [-0.05, 0) is 14.1 Å². The van der Waals surface area contributed by atoms with Crippen LogP contribution in [-0.4, -0.2) is 37.3 Å². The van der Waals surface area contributed by atoms with Gasteiger partial charge < -0.3 is 10.0 Å². The van der Waals surface area contributed by atoms with Crippen molar-refractivity contribution in [1.82, 2.24) is 4.90 Å². The summed E-state index contributed by atoms with van der Waals surface area (Å²) in [5.41, 5.74) is 0. The van der Waals surface area contributed by atoms with Gasteiger partial charge in [-0.1, -0.05) is 0 Å². The average Bonchev–Trinajstić information content (AvgIpc) is 1.35. The number of aliphatic hydroxyl groups excluding tert-OH is 1. The molecule has 0 aromatic heterocycles. The Bertz CT molecular complexity index is 32.9. The molecule has 2 nitrogen and oxygen atoms in total. The molecule has 0 aliphatic carbocycles. The molecule has 0 aromatic rings. The van der Waals surface area contributed by atoms with Gasteiger partial charge in [0.05, 0.1) is 6.61 Å². The third-order valence-electron chi connectivity index (χ3n) is 0.547. The van der Waals surface area contributed by atoms with E-state index in [2.05, 4.69) is 0 Å². The Morgan fingerprint density at radius 3 is 1.86 bits per heavy atom. The second-order valence-electron chi connectivity index (χ2n) is 1.53. The molecule has 7 heavy (non-hydrogen) atoms. The van der Waals surface area contributed by atoms with Gasteiger partial charge in [-0.3, -0.25) is 0 Å². The summed E-state index contributed by atoms with van der Waals surface area (Å²) in [6, 6.07) is 0. The van der Waals surface area contributed by atoms with Crippen LogP contribution in [0, 0.1) is 0 Å². The molecule has 1 N–H and O–H groups in total. The van der Waals surface area contributed by atoms with Gasteiger partial charge in [-0.25, -0.2) is 0 Å². The monoisotopic (exact) mass is 152 g/mol. The van der Waals surface area contributed by atoms with Crippen LogP contribution >= 0.6 is 0 Å². The molecule has 49 valence electrons. The maximum atomic E-state index is 8.20. The molecule has 0 rings (SSSR count). The van der Waals surface area contributed by atoms with Gasteiger partial charge in [0, 0.05) is 23.6 Å². The van der Waals surface area contributed by atoms with Crippen molar-refractivity contribution in [3.05, 3.63) is 0 Å². The van der Waals surface area contributed by atoms with Crippen molar-refractivity contribution in [1.29, 1.82) is 0 Å². The van der Waals surface area contributed by atoms with Gasteiger partial charge in [-0.15, -0.1) is 0 Å². The van der Waals surface area contributed by atoms with E-state index in [1.807, 2.05) is 19.0 Å². The zero-order valence-corrected chi connectivity index (χ0v) is 5.55. The third kappa shape index (κ3) is 10.7. The Kier molecular flexibility index (Phi) is 9.59. The van der Waals surface area contributed by atoms with Crippen LogP contribution in [0.2, 0.25) is 0 Å². The zero-order chi connectivity index (χ0) is 4.99. The standard InChI is InChI=1S/C4H11NO.Cu/c1-5(2)3-4-6;/h6H,3-4H2,1-2H3;. The van der Waals surface area contributed by atoms with E-state index in [-0.39, 0.29) is 23.7 Å². The Labute approximate surface area is 55.0 Å². The van der Waals surface area contributed by atoms with Crippen LogP contribution < -0.4 is 0 Å². The van der Waals surface area contributed by atoms with Crippen LogP contribution in [-0.2, 0) is 17.1 Å². The summed E-state index contributed by atoms with van der Waals surface area (Å²) in [6.07, 6.45) is 0. The maximum absolute atomic E-state index is 8.20. The molecule has 0 saturated heterocycles. The van der Waals surface area contributed by atoms with Gasteiger partial charge in [0.15, 0.2) is 0 Å². The number of rotatable bonds is 2. The fourth-order valence-electron chi connectivity index (χ4n) is 0.200. The normalized spacial score (nSPS) is 8.57. The van der Waals surface area contributed by atoms with Crippen LogP contribution in [0.15, 0.2) is 0 Å². The van der Waals surface area contributed by atoms with Crippen molar-refractivity contribution in [2.24, 2.45) is 0 Å². The van der Waals surface area contributed by atoms with Crippen LogP contribution in [0.5, 0.6) is 0 Å². The van der Waals surface area contributed by atoms with Crippen molar-refractivity contribution in [3.63, 3.8) is 0 Å². The van der Waals surface area contributed by atoms with Gasteiger partial charge in [0.1, 0.15) is 0 Å².